The standard InChI is InChI=1S/C70H46N2/c1-5-17-53-41-60(37-25-47(53)13-1)71(61-38-26-48-14-2-6-18-54(48)42-61)58-33-29-51(30-34-58)68-45-57-46-69(65-22-10-12-24-67(65)70(57)66-23-11-9-21-64(66)68)52-31-35-59(36-32-52)72(62-39-27-49-15-3-7-19-55(49)43-62)63-40-28-50-16-4-8-20-56(50)44-63/h1-46H. The number of anilines is 6. The van der Waals surface area contributed by atoms with Crippen LogP contribution in [-0.2, 0) is 0 Å². The van der Waals surface area contributed by atoms with Gasteiger partial charge in [0.25, 0.3) is 0 Å². The molecule has 0 aliphatic carbocycles. The monoisotopic (exact) mass is 914 g/mol. The van der Waals surface area contributed by atoms with Gasteiger partial charge in [-0.05, 0) is 183 Å². The molecule has 2 nitrogen and oxygen atoms in total. The molecule has 0 atom stereocenters. The van der Waals surface area contributed by atoms with E-state index in [0.717, 1.165) is 34.1 Å². The van der Waals surface area contributed by atoms with Crippen molar-refractivity contribution in [3.63, 3.8) is 0 Å². The Morgan fingerprint density at radius 1 is 0.181 bits per heavy atom. The van der Waals surface area contributed by atoms with Crippen LogP contribution in [0.1, 0.15) is 0 Å². The Balaban J connectivity index is 0.886. The van der Waals surface area contributed by atoms with Crippen LogP contribution in [-0.4, -0.2) is 0 Å². The minimum absolute atomic E-state index is 1.10. The van der Waals surface area contributed by atoms with Gasteiger partial charge in [0.2, 0.25) is 0 Å². The van der Waals surface area contributed by atoms with Crippen molar-refractivity contribution in [1.82, 2.24) is 0 Å². The smallest absolute Gasteiger partial charge is 0.0468 e. The van der Waals surface area contributed by atoms with Crippen LogP contribution >= 0.6 is 0 Å². The Kier molecular flexibility index (Phi) is 9.89. The first kappa shape index (κ1) is 41.5. The van der Waals surface area contributed by atoms with Crippen LogP contribution in [0.15, 0.2) is 279 Å². The molecule has 0 spiro atoms. The van der Waals surface area contributed by atoms with Gasteiger partial charge < -0.3 is 9.80 Å². The predicted octanol–water partition coefficient (Wildman–Crippen LogP) is 20.0. The minimum atomic E-state index is 1.10. The van der Waals surface area contributed by atoms with Crippen molar-refractivity contribution >= 4 is 110 Å². The molecule has 0 radical (unpaired) electrons. The number of benzene rings is 14. The Morgan fingerprint density at radius 2 is 0.444 bits per heavy atom. The first-order valence-electron chi connectivity index (χ1n) is 24.8. The molecule has 336 valence electrons. The van der Waals surface area contributed by atoms with Gasteiger partial charge in [0.1, 0.15) is 0 Å². The quantitative estimate of drug-likeness (QED) is 0.140. The zero-order valence-electron chi connectivity index (χ0n) is 39.5. The summed E-state index contributed by atoms with van der Waals surface area (Å²) in [6, 6.07) is 103. The number of rotatable bonds is 8. The summed E-state index contributed by atoms with van der Waals surface area (Å²) in [6.45, 7) is 0. The Hall–Kier alpha value is -9.50. The molecular formula is C70H46N2. The van der Waals surface area contributed by atoms with Gasteiger partial charge in [-0.15, -0.1) is 0 Å². The first-order chi connectivity index (χ1) is 35.7. The number of hydrogen-bond acceptors (Lipinski definition) is 2. The highest BCUT2D eigenvalue weighted by molar-refractivity contribution is 6.26. The molecule has 0 unspecified atom stereocenters. The molecule has 2 heteroatoms. The molecule has 0 saturated heterocycles. The lowest BCUT2D eigenvalue weighted by molar-refractivity contribution is 1.29. The van der Waals surface area contributed by atoms with Crippen LogP contribution in [0, 0.1) is 0 Å². The average Bonchev–Trinajstić information content (AvgIpc) is 3.45. The summed E-state index contributed by atoms with van der Waals surface area (Å²) in [6.07, 6.45) is 0. The fourth-order valence-electron chi connectivity index (χ4n) is 11.2. The van der Waals surface area contributed by atoms with Crippen molar-refractivity contribution in [3.05, 3.63) is 279 Å². The molecule has 14 rings (SSSR count). The highest BCUT2D eigenvalue weighted by atomic mass is 15.1. The van der Waals surface area contributed by atoms with Crippen molar-refractivity contribution in [2.24, 2.45) is 0 Å². The third-order valence-corrected chi connectivity index (χ3v) is 14.7. The van der Waals surface area contributed by atoms with Gasteiger partial charge in [-0.25, -0.2) is 0 Å². The van der Waals surface area contributed by atoms with E-state index in [0.29, 0.717) is 0 Å². The van der Waals surface area contributed by atoms with Gasteiger partial charge in [0.15, 0.2) is 0 Å². The number of fused-ring (bicyclic) bond motifs is 9. The summed E-state index contributed by atoms with van der Waals surface area (Å²) in [5.74, 6) is 0. The van der Waals surface area contributed by atoms with Crippen molar-refractivity contribution in [3.8, 4) is 22.3 Å². The van der Waals surface area contributed by atoms with Crippen LogP contribution in [0.3, 0.4) is 0 Å². The van der Waals surface area contributed by atoms with Crippen LogP contribution < -0.4 is 9.80 Å². The normalized spacial score (nSPS) is 11.6. The molecule has 0 aliphatic rings. The number of hydrogen-bond donors (Lipinski definition) is 0. The average molecular weight is 915 g/mol. The molecular weight excluding hydrogens is 869 g/mol. The highest BCUT2D eigenvalue weighted by Crippen LogP contribution is 2.45. The molecule has 0 N–H and O–H groups in total. The maximum absolute atomic E-state index is 2.42. The van der Waals surface area contributed by atoms with Crippen LogP contribution in [0.4, 0.5) is 34.1 Å². The molecule has 0 saturated carbocycles. The van der Waals surface area contributed by atoms with Gasteiger partial charge in [-0.3, -0.25) is 0 Å². The first-order valence-corrected chi connectivity index (χ1v) is 24.8. The van der Waals surface area contributed by atoms with E-state index < -0.39 is 0 Å². The van der Waals surface area contributed by atoms with Crippen LogP contribution in [0.5, 0.6) is 0 Å². The van der Waals surface area contributed by atoms with E-state index in [4.69, 9.17) is 0 Å². The van der Waals surface area contributed by atoms with Crippen molar-refractivity contribution < 1.29 is 0 Å². The van der Waals surface area contributed by atoms with E-state index in [2.05, 4.69) is 289 Å². The Morgan fingerprint density at radius 3 is 0.764 bits per heavy atom. The van der Waals surface area contributed by atoms with Crippen LogP contribution in [0.25, 0.3) is 97.7 Å². The summed E-state index contributed by atoms with van der Waals surface area (Å²) in [5, 5.41) is 17.2. The molecule has 14 aromatic carbocycles. The molecule has 72 heavy (non-hydrogen) atoms. The minimum Gasteiger partial charge on any atom is -0.310 e. The highest BCUT2D eigenvalue weighted by Gasteiger charge is 2.19. The second kappa shape index (κ2) is 17.2. The van der Waals surface area contributed by atoms with Gasteiger partial charge in [-0.2, -0.15) is 0 Å². The Bertz CT molecular complexity index is 3960. The lowest BCUT2D eigenvalue weighted by Crippen LogP contribution is -2.10. The van der Waals surface area contributed by atoms with E-state index in [9.17, 15) is 0 Å². The lowest BCUT2D eigenvalue weighted by Gasteiger charge is -2.26. The summed E-state index contributed by atoms with van der Waals surface area (Å²) in [4.78, 5) is 4.77. The molecule has 0 aromatic heterocycles. The fraction of sp³-hybridized carbons (Fsp3) is 0. The topological polar surface area (TPSA) is 6.48 Å². The predicted molar refractivity (Wildman–Crippen MR) is 309 cm³/mol. The summed E-state index contributed by atoms with van der Waals surface area (Å²) in [5.41, 5.74) is 11.5. The molecule has 0 amide bonds. The van der Waals surface area contributed by atoms with Crippen molar-refractivity contribution in [2.45, 2.75) is 0 Å². The van der Waals surface area contributed by atoms with Gasteiger partial charge in [0.05, 0.1) is 0 Å². The van der Waals surface area contributed by atoms with Gasteiger partial charge >= 0.3 is 0 Å². The molecule has 14 aromatic rings. The third kappa shape index (κ3) is 7.20. The van der Waals surface area contributed by atoms with E-state index in [1.54, 1.807) is 0 Å². The zero-order valence-corrected chi connectivity index (χ0v) is 39.5. The van der Waals surface area contributed by atoms with Crippen molar-refractivity contribution in [2.75, 3.05) is 9.80 Å². The van der Waals surface area contributed by atoms with E-state index in [-0.39, 0.29) is 0 Å². The van der Waals surface area contributed by atoms with Gasteiger partial charge in [-0.1, -0.05) is 194 Å². The maximum atomic E-state index is 2.42. The van der Waals surface area contributed by atoms with E-state index in [1.165, 1.54) is 97.7 Å². The van der Waals surface area contributed by atoms with E-state index >= 15 is 0 Å². The fourth-order valence-corrected chi connectivity index (χ4v) is 11.2. The summed E-state index contributed by atoms with van der Waals surface area (Å²) in [7, 11) is 0. The lowest BCUT2D eigenvalue weighted by atomic mass is 9.87. The Labute approximate surface area is 418 Å². The zero-order chi connectivity index (χ0) is 47.5. The van der Waals surface area contributed by atoms with Gasteiger partial charge in [0, 0.05) is 34.1 Å². The summed E-state index contributed by atoms with van der Waals surface area (Å²) >= 11 is 0. The van der Waals surface area contributed by atoms with Crippen LogP contribution in [0.2, 0.25) is 0 Å². The molecule has 0 bridgehead atoms. The van der Waals surface area contributed by atoms with Crippen molar-refractivity contribution in [1.29, 1.82) is 0 Å². The maximum Gasteiger partial charge on any atom is 0.0468 e. The second-order valence-corrected chi connectivity index (χ2v) is 18.9. The molecule has 0 fully saturated rings. The number of nitrogens with zero attached hydrogens (tertiary/aromatic N) is 2. The molecule has 0 aliphatic heterocycles. The largest absolute Gasteiger partial charge is 0.310 e. The third-order valence-electron chi connectivity index (χ3n) is 14.7. The second-order valence-electron chi connectivity index (χ2n) is 18.9. The summed E-state index contributed by atoms with van der Waals surface area (Å²) < 4.78 is 0. The van der Waals surface area contributed by atoms with E-state index in [1.807, 2.05) is 0 Å². The molecule has 0 heterocycles. The SMILES string of the molecule is c1ccc2cc(N(c3ccc(-c4cc5cc(-c6ccc(N(c7ccc8ccccc8c7)c7ccc8ccccc8c7)cc6)c6ccccc6c5c5ccccc45)cc3)c3ccc4ccccc4c3)ccc2c1.